The highest BCUT2D eigenvalue weighted by Crippen LogP contribution is 2.27. The molecule has 3 rings (SSSR count). The number of carboxylic acid groups (broad SMARTS) is 2. The number of aliphatic carboxylic acids is 2. The first kappa shape index (κ1) is 29.4. The summed E-state index contributed by atoms with van der Waals surface area (Å²) in [5.41, 5.74) is 7.97. The number of rotatable bonds is 14. The molecular formula is C29H29N3O8. The summed E-state index contributed by atoms with van der Waals surface area (Å²) < 4.78 is 11.2. The summed E-state index contributed by atoms with van der Waals surface area (Å²) >= 11 is 0. The molecule has 3 aromatic rings. The summed E-state index contributed by atoms with van der Waals surface area (Å²) in [6.45, 7) is -0.213. The lowest BCUT2D eigenvalue weighted by molar-refractivity contribution is -0.148. The Hall–Kier alpha value is -5.19. The first-order chi connectivity index (χ1) is 19.1. The Morgan fingerprint density at radius 3 is 2.30 bits per heavy atom. The minimum absolute atomic E-state index is 0.0115. The second kappa shape index (κ2) is 13.6. The zero-order valence-electron chi connectivity index (χ0n) is 21.7. The summed E-state index contributed by atoms with van der Waals surface area (Å²) in [5.74, 6) is -4.15. The van der Waals surface area contributed by atoms with Gasteiger partial charge in [-0.15, -0.1) is 0 Å². The Bertz CT molecular complexity index is 1420. The van der Waals surface area contributed by atoms with E-state index in [1.54, 1.807) is 12.1 Å². The molecular weight excluding hydrogens is 518 g/mol. The van der Waals surface area contributed by atoms with E-state index in [4.69, 9.17) is 25.7 Å². The molecule has 0 aliphatic carbocycles. The highest BCUT2D eigenvalue weighted by Gasteiger charge is 2.22. The molecule has 0 radical (unpaired) electrons. The van der Waals surface area contributed by atoms with Crippen LogP contribution in [0.1, 0.15) is 34.3 Å². The van der Waals surface area contributed by atoms with Crippen LogP contribution in [0.3, 0.4) is 0 Å². The summed E-state index contributed by atoms with van der Waals surface area (Å²) in [5, 5.41) is 28.7. The molecule has 0 bridgehead atoms. The maximum atomic E-state index is 13.4. The van der Waals surface area contributed by atoms with E-state index < -0.39 is 36.1 Å². The van der Waals surface area contributed by atoms with Gasteiger partial charge in [0, 0.05) is 24.0 Å². The van der Waals surface area contributed by atoms with Gasteiger partial charge < -0.3 is 30.7 Å². The van der Waals surface area contributed by atoms with Gasteiger partial charge in [0.1, 0.15) is 23.9 Å². The summed E-state index contributed by atoms with van der Waals surface area (Å²) in [7, 11) is 1.43. The number of amidine groups is 1. The fourth-order valence-corrected chi connectivity index (χ4v) is 3.90. The van der Waals surface area contributed by atoms with Crippen molar-refractivity contribution in [1.29, 1.82) is 5.41 Å². The fourth-order valence-electron chi connectivity index (χ4n) is 3.90. The number of ketones is 1. The van der Waals surface area contributed by atoms with Gasteiger partial charge in [-0.25, -0.2) is 4.79 Å². The van der Waals surface area contributed by atoms with Gasteiger partial charge in [-0.2, -0.15) is 0 Å². The van der Waals surface area contributed by atoms with Crippen LogP contribution in [-0.4, -0.2) is 59.4 Å². The minimum Gasteiger partial charge on any atom is -0.496 e. The molecule has 0 aliphatic heterocycles. The molecule has 0 heterocycles. The normalized spacial score (nSPS) is 11.2. The molecule has 6 N–H and O–H groups in total. The number of Topliss-reactive ketones (excluding diaryl/α,β-unsaturated/α-hetero) is 1. The molecule has 0 unspecified atom stereocenters. The summed E-state index contributed by atoms with van der Waals surface area (Å²) in [4.78, 5) is 47.6. The zero-order valence-corrected chi connectivity index (χ0v) is 21.7. The van der Waals surface area contributed by atoms with E-state index in [1.165, 1.54) is 25.3 Å². The predicted molar refractivity (Wildman–Crippen MR) is 146 cm³/mol. The molecule has 11 nitrogen and oxygen atoms in total. The van der Waals surface area contributed by atoms with Crippen molar-refractivity contribution < 1.29 is 38.9 Å². The van der Waals surface area contributed by atoms with Crippen LogP contribution in [0.15, 0.2) is 66.7 Å². The molecule has 0 saturated carbocycles. The van der Waals surface area contributed by atoms with Gasteiger partial charge in [0.15, 0.2) is 0 Å². The van der Waals surface area contributed by atoms with Crippen LogP contribution < -0.4 is 20.5 Å². The molecule has 3 aromatic carbocycles. The smallest absolute Gasteiger partial charge is 0.372 e. The first-order valence-electron chi connectivity index (χ1n) is 12.2. The molecule has 1 atom stereocenters. The Kier molecular flexibility index (Phi) is 9.95. The predicted octanol–water partition coefficient (Wildman–Crippen LogP) is 2.88. The van der Waals surface area contributed by atoms with Crippen molar-refractivity contribution in [3.05, 3.63) is 83.4 Å². The Labute approximate surface area is 230 Å². The van der Waals surface area contributed by atoms with Crippen LogP contribution in [0.25, 0.3) is 11.1 Å². The molecule has 11 heteroatoms. The lowest BCUT2D eigenvalue weighted by atomic mass is 10.0. The molecule has 0 spiro atoms. The monoisotopic (exact) mass is 547 g/mol. The number of nitrogen functional groups attached to an aromatic ring is 1. The number of carbonyl (C=O) groups excluding carboxylic acids is 2. The molecule has 0 fully saturated rings. The Morgan fingerprint density at radius 2 is 1.68 bits per heavy atom. The van der Waals surface area contributed by atoms with E-state index in [0.29, 0.717) is 5.75 Å². The number of benzene rings is 3. The molecule has 0 saturated heterocycles. The van der Waals surface area contributed by atoms with Gasteiger partial charge in [-0.05, 0) is 35.7 Å². The third kappa shape index (κ3) is 7.90. The summed E-state index contributed by atoms with van der Waals surface area (Å²) in [6.07, 6.45) is -0.733. The maximum Gasteiger partial charge on any atom is 0.372 e. The van der Waals surface area contributed by atoms with Gasteiger partial charge >= 0.3 is 11.9 Å². The van der Waals surface area contributed by atoms with Crippen molar-refractivity contribution in [1.82, 2.24) is 5.32 Å². The number of amides is 1. The van der Waals surface area contributed by atoms with E-state index in [2.05, 4.69) is 5.32 Å². The third-order valence-electron chi connectivity index (χ3n) is 6.00. The SMILES string of the molecule is COc1ccc(-c2ccccc2)cc1C(=O)N[C@H](CCC(=O)O)COc1cc(C(=N)N)ccc1CC(=O)C(=O)O. The number of hydrogen-bond donors (Lipinski definition) is 5. The van der Waals surface area contributed by atoms with Crippen molar-refractivity contribution in [2.24, 2.45) is 5.73 Å². The van der Waals surface area contributed by atoms with E-state index in [9.17, 15) is 24.3 Å². The van der Waals surface area contributed by atoms with Crippen LogP contribution in [0.2, 0.25) is 0 Å². The third-order valence-corrected chi connectivity index (χ3v) is 6.00. The quantitative estimate of drug-likeness (QED) is 0.115. The van der Waals surface area contributed by atoms with E-state index in [1.807, 2.05) is 36.4 Å². The van der Waals surface area contributed by atoms with Crippen LogP contribution in [0.4, 0.5) is 0 Å². The average molecular weight is 548 g/mol. The number of carboxylic acids is 2. The Morgan fingerprint density at radius 1 is 0.950 bits per heavy atom. The number of methoxy groups -OCH3 is 1. The van der Waals surface area contributed by atoms with Gasteiger partial charge in [0.25, 0.3) is 5.91 Å². The van der Waals surface area contributed by atoms with Crippen LogP contribution >= 0.6 is 0 Å². The van der Waals surface area contributed by atoms with Gasteiger partial charge in [0.05, 0.1) is 18.7 Å². The van der Waals surface area contributed by atoms with Crippen LogP contribution in [0, 0.1) is 5.41 Å². The number of nitrogens with one attached hydrogen (secondary N) is 2. The maximum absolute atomic E-state index is 13.4. The first-order valence-corrected chi connectivity index (χ1v) is 12.2. The van der Waals surface area contributed by atoms with Crippen LogP contribution in [-0.2, 0) is 20.8 Å². The molecule has 40 heavy (non-hydrogen) atoms. The topological polar surface area (TPSA) is 189 Å². The largest absolute Gasteiger partial charge is 0.496 e. The molecule has 208 valence electrons. The number of carbonyl (C=O) groups is 4. The Balaban J connectivity index is 1.87. The van der Waals surface area contributed by atoms with Crippen molar-refractivity contribution >= 4 is 29.5 Å². The van der Waals surface area contributed by atoms with E-state index in [0.717, 1.165) is 11.1 Å². The van der Waals surface area contributed by atoms with Crippen LogP contribution in [0.5, 0.6) is 11.5 Å². The van der Waals surface area contributed by atoms with Gasteiger partial charge in [0.2, 0.25) is 5.78 Å². The average Bonchev–Trinajstić information content (AvgIpc) is 2.94. The fraction of sp³-hybridized carbons (Fsp3) is 0.207. The van der Waals surface area contributed by atoms with Crippen molar-refractivity contribution in [2.75, 3.05) is 13.7 Å². The van der Waals surface area contributed by atoms with Crippen molar-refractivity contribution in [2.45, 2.75) is 25.3 Å². The molecule has 0 aromatic heterocycles. The minimum atomic E-state index is -1.61. The highest BCUT2D eigenvalue weighted by molar-refractivity contribution is 6.33. The summed E-state index contributed by atoms with van der Waals surface area (Å²) in [6, 6.07) is 18.0. The molecule has 0 aliphatic rings. The molecule has 1 amide bonds. The number of nitrogens with two attached hydrogens (primary N) is 1. The number of ether oxygens (including phenoxy) is 2. The zero-order chi connectivity index (χ0) is 29.2. The van der Waals surface area contributed by atoms with E-state index >= 15 is 0 Å². The van der Waals surface area contributed by atoms with Crippen molar-refractivity contribution in [3.8, 4) is 22.6 Å². The van der Waals surface area contributed by atoms with E-state index in [-0.39, 0.29) is 47.7 Å². The lowest BCUT2D eigenvalue weighted by Crippen LogP contribution is -2.39. The standard InChI is InChI=1S/C29H29N3O8/c1-39-24-11-9-18(17-5-3-2-4-6-17)13-22(24)28(36)32-21(10-12-26(34)35)16-40-25-15-20(27(30)31)8-7-19(25)14-23(33)29(37)38/h2-9,11,13,15,21H,10,12,14,16H2,1H3,(H3,30,31)(H,32,36)(H,34,35)(H,37,38)/t21-/m1/s1. The van der Waals surface area contributed by atoms with Gasteiger partial charge in [-0.3, -0.25) is 19.8 Å². The lowest BCUT2D eigenvalue weighted by Gasteiger charge is -2.21. The van der Waals surface area contributed by atoms with Crippen molar-refractivity contribution in [3.63, 3.8) is 0 Å². The second-order valence-electron chi connectivity index (χ2n) is 8.84. The number of hydrogen-bond acceptors (Lipinski definition) is 7. The van der Waals surface area contributed by atoms with Gasteiger partial charge in [-0.1, -0.05) is 48.5 Å². The second-order valence-corrected chi connectivity index (χ2v) is 8.84. The highest BCUT2D eigenvalue weighted by atomic mass is 16.5.